The van der Waals surface area contributed by atoms with Crippen LogP contribution in [0.3, 0.4) is 0 Å². The first-order valence-corrected chi connectivity index (χ1v) is 11.5. The van der Waals surface area contributed by atoms with E-state index in [0.717, 1.165) is 16.7 Å². The van der Waals surface area contributed by atoms with Gasteiger partial charge in [-0.15, -0.1) is 0 Å². The number of anilines is 1. The van der Waals surface area contributed by atoms with Crippen molar-refractivity contribution in [2.75, 3.05) is 31.5 Å². The van der Waals surface area contributed by atoms with Gasteiger partial charge in [-0.3, -0.25) is 9.69 Å². The Morgan fingerprint density at radius 3 is 2.29 bits per heavy atom. The first-order chi connectivity index (χ1) is 16.6. The summed E-state index contributed by atoms with van der Waals surface area (Å²) >= 11 is 0. The van der Waals surface area contributed by atoms with E-state index in [4.69, 9.17) is 0 Å². The number of para-hydroxylation sites is 1. The van der Waals surface area contributed by atoms with Gasteiger partial charge >= 0.3 is 12.1 Å². The van der Waals surface area contributed by atoms with Gasteiger partial charge in [0.05, 0.1) is 12.2 Å². The molecule has 0 aliphatic carbocycles. The standard InChI is InChI=1S/C27H26N4O3/c32-25-24-19-29(17-18-30(24)27(34)31(25)16-15-20-9-3-1-4-10-20)26(33)28-23-14-8-7-13-22(23)21-11-5-2-6-12-21/h1-14,24H,15-19H2,(H,28,33). The topological polar surface area (TPSA) is 73.0 Å². The smallest absolute Gasteiger partial charge is 0.320 e. The predicted octanol–water partition coefficient (Wildman–Crippen LogP) is 4.08. The van der Waals surface area contributed by atoms with E-state index in [0.29, 0.717) is 31.7 Å². The molecule has 2 fully saturated rings. The molecule has 1 atom stereocenters. The quantitative estimate of drug-likeness (QED) is 0.591. The van der Waals surface area contributed by atoms with E-state index in [2.05, 4.69) is 5.32 Å². The van der Waals surface area contributed by atoms with Crippen LogP contribution in [0.25, 0.3) is 11.1 Å². The monoisotopic (exact) mass is 454 g/mol. The number of urea groups is 2. The minimum absolute atomic E-state index is 0.186. The number of nitrogens with one attached hydrogen (secondary N) is 1. The molecule has 172 valence electrons. The highest BCUT2D eigenvalue weighted by atomic mass is 16.2. The summed E-state index contributed by atoms with van der Waals surface area (Å²) in [5.41, 5.74) is 3.72. The largest absolute Gasteiger partial charge is 0.327 e. The van der Waals surface area contributed by atoms with Crippen LogP contribution in [0.1, 0.15) is 5.56 Å². The molecule has 34 heavy (non-hydrogen) atoms. The Hall–Kier alpha value is -4.13. The zero-order chi connectivity index (χ0) is 23.5. The molecule has 5 amide bonds. The molecule has 2 saturated heterocycles. The second-order valence-corrected chi connectivity index (χ2v) is 8.51. The van der Waals surface area contributed by atoms with Crippen molar-refractivity contribution in [1.82, 2.24) is 14.7 Å². The third kappa shape index (κ3) is 4.24. The second-order valence-electron chi connectivity index (χ2n) is 8.51. The fourth-order valence-electron chi connectivity index (χ4n) is 4.58. The number of hydrogen-bond acceptors (Lipinski definition) is 3. The fourth-order valence-corrected chi connectivity index (χ4v) is 4.58. The molecule has 0 radical (unpaired) electrons. The lowest BCUT2D eigenvalue weighted by Gasteiger charge is -2.35. The number of carbonyl (C=O) groups excluding carboxylic acids is 3. The summed E-state index contributed by atoms with van der Waals surface area (Å²) < 4.78 is 0. The summed E-state index contributed by atoms with van der Waals surface area (Å²) in [6.07, 6.45) is 0.610. The number of rotatable bonds is 5. The minimum atomic E-state index is -0.632. The van der Waals surface area contributed by atoms with Crippen molar-refractivity contribution >= 4 is 23.7 Å². The van der Waals surface area contributed by atoms with Crippen LogP contribution in [0.2, 0.25) is 0 Å². The lowest BCUT2D eigenvalue weighted by Crippen LogP contribution is -2.55. The van der Waals surface area contributed by atoms with E-state index >= 15 is 0 Å². The summed E-state index contributed by atoms with van der Waals surface area (Å²) in [7, 11) is 0. The number of fused-ring (bicyclic) bond motifs is 1. The Labute approximate surface area is 198 Å². The van der Waals surface area contributed by atoms with Crippen LogP contribution >= 0.6 is 0 Å². The van der Waals surface area contributed by atoms with Crippen LogP contribution in [0.15, 0.2) is 84.9 Å². The number of hydrogen-bond donors (Lipinski definition) is 1. The average molecular weight is 455 g/mol. The number of carbonyl (C=O) groups is 3. The zero-order valence-electron chi connectivity index (χ0n) is 18.8. The first kappa shape index (κ1) is 21.7. The maximum Gasteiger partial charge on any atom is 0.327 e. The van der Waals surface area contributed by atoms with E-state index in [1.807, 2.05) is 84.9 Å². The molecule has 0 bridgehead atoms. The van der Waals surface area contributed by atoms with Crippen molar-refractivity contribution in [3.05, 3.63) is 90.5 Å². The molecule has 0 saturated carbocycles. The van der Waals surface area contributed by atoms with Gasteiger partial charge in [-0.2, -0.15) is 0 Å². The molecule has 1 unspecified atom stereocenters. The van der Waals surface area contributed by atoms with Crippen LogP contribution in [-0.4, -0.2) is 64.9 Å². The van der Waals surface area contributed by atoms with Gasteiger partial charge in [0.15, 0.2) is 0 Å². The Kier molecular flexibility index (Phi) is 5.99. The number of imide groups is 1. The van der Waals surface area contributed by atoms with E-state index < -0.39 is 6.04 Å². The number of piperazine rings is 1. The van der Waals surface area contributed by atoms with Crippen LogP contribution in [0.4, 0.5) is 15.3 Å². The highest BCUT2D eigenvalue weighted by Gasteiger charge is 2.48. The fraction of sp³-hybridized carbons (Fsp3) is 0.222. The maximum atomic E-state index is 13.1. The van der Waals surface area contributed by atoms with Gasteiger partial charge in [-0.25, -0.2) is 9.59 Å². The summed E-state index contributed by atoms with van der Waals surface area (Å²) in [6, 6.07) is 26.1. The van der Waals surface area contributed by atoms with E-state index in [-0.39, 0.29) is 24.5 Å². The molecule has 7 nitrogen and oxygen atoms in total. The van der Waals surface area contributed by atoms with Crippen molar-refractivity contribution in [2.24, 2.45) is 0 Å². The van der Waals surface area contributed by atoms with Crippen LogP contribution < -0.4 is 5.32 Å². The summed E-state index contributed by atoms with van der Waals surface area (Å²) in [6.45, 7) is 1.24. The van der Waals surface area contributed by atoms with E-state index in [1.54, 1.807) is 9.80 Å². The highest BCUT2D eigenvalue weighted by Crippen LogP contribution is 2.28. The Balaban J connectivity index is 1.25. The number of benzene rings is 3. The molecule has 0 aromatic heterocycles. The van der Waals surface area contributed by atoms with Crippen molar-refractivity contribution in [2.45, 2.75) is 12.5 Å². The van der Waals surface area contributed by atoms with Gasteiger partial charge in [-0.1, -0.05) is 78.9 Å². The van der Waals surface area contributed by atoms with Crippen LogP contribution in [0, 0.1) is 0 Å². The third-order valence-electron chi connectivity index (χ3n) is 6.42. The van der Waals surface area contributed by atoms with Crippen molar-refractivity contribution < 1.29 is 14.4 Å². The van der Waals surface area contributed by atoms with Gasteiger partial charge in [0.1, 0.15) is 6.04 Å². The molecule has 2 aliphatic heterocycles. The Bertz CT molecular complexity index is 1200. The molecule has 2 aliphatic rings. The summed E-state index contributed by atoms with van der Waals surface area (Å²) in [4.78, 5) is 43.5. The molecular weight excluding hydrogens is 428 g/mol. The first-order valence-electron chi connectivity index (χ1n) is 11.5. The third-order valence-corrected chi connectivity index (χ3v) is 6.42. The zero-order valence-corrected chi connectivity index (χ0v) is 18.8. The van der Waals surface area contributed by atoms with E-state index in [9.17, 15) is 14.4 Å². The van der Waals surface area contributed by atoms with E-state index in [1.165, 1.54) is 4.90 Å². The average Bonchev–Trinajstić information content (AvgIpc) is 3.13. The summed E-state index contributed by atoms with van der Waals surface area (Å²) in [5.74, 6) is -0.233. The van der Waals surface area contributed by atoms with Gasteiger partial charge < -0.3 is 15.1 Å². The highest BCUT2D eigenvalue weighted by molar-refractivity contribution is 6.05. The maximum absolute atomic E-state index is 13.1. The Morgan fingerprint density at radius 1 is 0.853 bits per heavy atom. The predicted molar refractivity (Wildman–Crippen MR) is 130 cm³/mol. The Morgan fingerprint density at radius 2 is 1.53 bits per heavy atom. The lowest BCUT2D eigenvalue weighted by atomic mass is 10.0. The molecular formula is C27H26N4O3. The van der Waals surface area contributed by atoms with Crippen LogP contribution in [-0.2, 0) is 11.2 Å². The molecule has 3 aromatic rings. The van der Waals surface area contributed by atoms with Gasteiger partial charge in [0, 0.05) is 25.2 Å². The SMILES string of the molecule is O=C(Nc1ccccc1-c1ccccc1)N1CCN2C(=O)N(CCc3ccccc3)C(=O)C2C1. The van der Waals surface area contributed by atoms with Crippen molar-refractivity contribution in [1.29, 1.82) is 0 Å². The molecule has 5 rings (SSSR count). The number of nitrogens with zero attached hydrogens (tertiary/aromatic N) is 3. The van der Waals surface area contributed by atoms with Gasteiger partial charge in [0.25, 0.3) is 5.91 Å². The molecule has 7 heteroatoms. The lowest BCUT2D eigenvalue weighted by molar-refractivity contribution is -0.129. The van der Waals surface area contributed by atoms with Gasteiger partial charge in [0.2, 0.25) is 0 Å². The molecule has 1 N–H and O–H groups in total. The van der Waals surface area contributed by atoms with Gasteiger partial charge in [-0.05, 0) is 23.6 Å². The van der Waals surface area contributed by atoms with Crippen molar-refractivity contribution in [3.63, 3.8) is 0 Å². The minimum Gasteiger partial charge on any atom is -0.320 e. The number of amides is 5. The summed E-state index contributed by atoms with van der Waals surface area (Å²) in [5, 5.41) is 3.00. The van der Waals surface area contributed by atoms with Crippen molar-refractivity contribution in [3.8, 4) is 11.1 Å². The molecule has 0 spiro atoms. The molecule has 2 heterocycles. The van der Waals surface area contributed by atoms with Crippen LogP contribution in [0.5, 0.6) is 0 Å². The second kappa shape index (κ2) is 9.39. The molecule has 3 aromatic carbocycles. The normalized spacial score (nSPS) is 17.6.